The lowest BCUT2D eigenvalue weighted by atomic mass is 10.2. The fourth-order valence-corrected chi connectivity index (χ4v) is 1.16. The Kier molecular flexibility index (Phi) is 3.87. The van der Waals surface area contributed by atoms with Crippen LogP contribution in [0.15, 0.2) is 6.07 Å². The first-order valence-corrected chi connectivity index (χ1v) is 4.32. The van der Waals surface area contributed by atoms with Gasteiger partial charge in [0, 0.05) is 0 Å². The predicted octanol–water partition coefficient (Wildman–Crippen LogP) is 3.38. The van der Waals surface area contributed by atoms with E-state index in [1.54, 1.807) is 0 Å². The number of halogens is 6. The number of aromatic nitrogens is 1. The van der Waals surface area contributed by atoms with E-state index in [0.717, 1.165) is 0 Å². The molecule has 9 heteroatoms. The number of alkyl halides is 5. The number of ether oxygens (including phenoxy) is 1. The maximum Gasteiger partial charge on any atom is 0.574 e. The van der Waals surface area contributed by atoms with Gasteiger partial charge in [-0.05, 0) is 6.07 Å². The van der Waals surface area contributed by atoms with Crippen LogP contribution in [0.3, 0.4) is 0 Å². The molecule has 0 fully saturated rings. The molecule has 0 saturated heterocycles. The summed E-state index contributed by atoms with van der Waals surface area (Å²) in [7, 11) is 0. The highest BCUT2D eigenvalue weighted by molar-refractivity contribution is 6.33. The molecule has 0 aromatic carbocycles. The maximum absolute atomic E-state index is 12.2. The minimum atomic E-state index is -5.16. The van der Waals surface area contributed by atoms with Crippen molar-refractivity contribution in [3.8, 4) is 5.88 Å². The van der Waals surface area contributed by atoms with Gasteiger partial charge in [-0.2, -0.15) is 0 Å². The first kappa shape index (κ1) is 13.6. The van der Waals surface area contributed by atoms with E-state index in [1.165, 1.54) is 0 Å². The summed E-state index contributed by atoms with van der Waals surface area (Å²) in [6.07, 6.45) is -8.36. The lowest BCUT2D eigenvalue weighted by Crippen LogP contribution is -2.19. The minimum Gasteiger partial charge on any atom is -0.387 e. The number of carbonyl (C=O) groups excluding carboxylic acids is 1. The van der Waals surface area contributed by atoms with E-state index < -0.39 is 34.9 Å². The lowest BCUT2D eigenvalue weighted by molar-refractivity contribution is -0.276. The zero-order chi connectivity index (χ0) is 13.2. The van der Waals surface area contributed by atoms with Gasteiger partial charge in [-0.3, -0.25) is 4.79 Å². The van der Waals surface area contributed by atoms with Crippen molar-refractivity contribution in [3.63, 3.8) is 0 Å². The third-order valence-electron chi connectivity index (χ3n) is 1.55. The van der Waals surface area contributed by atoms with E-state index in [9.17, 15) is 26.7 Å². The van der Waals surface area contributed by atoms with Crippen LogP contribution in [-0.4, -0.2) is 17.6 Å². The SMILES string of the molecule is O=Cc1c(Cl)cc(C(F)F)nc1OC(F)(F)F. The van der Waals surface area contributed by atoms with Crippen LogP contribution in [0, 0.1) is 0 Å². The van der Waals surface area contributed by atoms with Gasteiger partial charge in [-0.1, -0.05) is 11.6 Å². The Balaban J connectivity index is 3.29. The second kappa shape index (κ2) is 4.82. The number of pyridine rings is 1. The minimum absolute atomic E-state index is 0.0638. The molecule has 0 aliphatic rings. The van der Waals surface area contributed by atoms with Crippen molar-refractivity contribution < 1.29 is 31.5 Å². The van der Waals surface area contributed by atoms with Gasteiger partial charge in [0.25, 0.3) is 6.43 Å². The van der Waals surface area contributed by atoms with Crippen molar-refractivity contribution in [2.45, 2.75) is 12.8 Å². The molecule has 1 rings (SSSR count). The van der Waals surface area contributed by atoms with Gasteiger partial charge in [0.2, 0.25) is 5.88 Å². The third-order valence-corrected chi connectivity index (χ3v) is 1.86. The zero-order valence-corrected chi connectivity index (χ0v) is 8.52. The summed E-state index contributed by atoms with van der Waals surface area (Å²) in [5.74, 6) is -1.30. The number of hydrogen-bond acceptors (Lipinski definition) is 3. The van der Waals surface area contributed by atoms with Gasteiger partial charge >= 0.3 is 6.36 Å². The monoisotopic (exact) mass is 275 g/mol. The highest BCUT2D eigenvalue weighted by atomic mass is 35.5. The van der Waals surface area contributed by atoms with Crippen molar-refractivity contribution in [2.24, 2.45) is 0 Å². The van der Waals surface area contributed by atoms with Gasteiger partial charge < -0.3 is 4.74 Å². The molecule has 0 bridgehead atoms. The summed E-state index contributed by atoms with van der Waals surface area (Å²) in [6, 6.07) is 0.596. The van der Waals surface area contributed by atoms with E-state index in [4.69, 9.17) is 11.6 Å². The zero-order valence-electron chi connectivity index (χ0n) is 7.76. The van der Waals surface area contributed by atoms with E-state index in [-0.39, 0.29) is 6.29 Å². The standard InChI is InChI=1S/C8H3ClF5NO2/c9-4-1-5(6(10)11)15-7(3(4)2-16)17-8(12,13)14/h1-2,6H. The number of rotatable bonds is 3. The van der Waals surface area contributed by atoms with Crippen molar-refractivity contribution in [1.29, 1.82) is 0 Å². The molecule has 0 radical (unpaired) electrons. The van der Waals surface area contributed by atoms with E-state index >= 15 is 0 Å². The van der Waals surface area contributed by atoms with Crippen LogP contribution in [-0.2, 0) is 0 Å². The summed E-state index contributed by atoms with van der Waals surface area (Å²) in [5, 5.41) is -0.593. The molecule has 94 valence electrons. The van der Waals surface area contributed by atoms with Gasteiger partial charge in [0.1, 0.15) is 5.69 Å². The fourth-order valence-electron chi connectivity index (χ4n) is 0.925. The Morgan fingerprint density at radius 2 is 2.00 bits per heavy atom. The number of aldehydes is 1. The van der Waals surface area contributed by atoms with Gasteiger partial charge in [-0.15, -0.1) is 13.2 Å². The molecule has 0 amide bonds. The van der Waals surface area contributed by atoms with E-state index in [1.807, 2.05) is 0 Å². The van der Waals surface area contributed by atoms with E-state index in [2.05, 4.69) is 9.72 Å². The largest absolute Gasteiger partial charge is 0.574 e. The second-order valence-corrected chi connectivity index (χ2v) is 3.12. The Labute approximate surface area is 96.2 Å². The highest BCUT2D eigenvalue weighted by Gasteiger charge is 2.34. The molecule has 0 atom stereocenters. The van der Waals surface area contributed by atoms with Crippen LogP contribution in [0.1, 0.15) is 22.5 Å². The maximum atomic E-state index is 12.2. The first-order valence-electron chi connectivity index (χ1n) is 3.94. The molecule has 1 aromatic heterocycles. The molecule has 0 N–H and O–H groups in total. The lowest BCUT2D eigenvalue weighted by Gasteiger charge is -2.11. The molecule has 0 unspecified atom stereocenters. The highest BCUT2D eigenvalue weighted by Crippen LogP contribution is 2.31. The average Bonchev–Trinajstić information content (AvgIpc) is 2.14. The first-order chi connectivity index (χ1) is 7.74. The van der Waals surface area contributed by atoms with Crippen LogP contribution in [0.4, 0.5) is 22.0 Å². The van der Waals surface area contributed by atoms with Crippen LogP contribution >= 0.6 is 11.6 Å². The topological polar surface area (TPSA) is 39.2 Å². The Hall–Kier alpha value is -1.44. The second-order valence-electron chi connectivity index (χ2n) is 2.71. The molecule has 17 heavy (non-hydrogen) atoms. The molecule has 0 saturated carbocycles. The summed E-state index contributed by atoms with van der Waals surface area (Å²) in [4.78, 5) is 13.3. The average molecular weight is 276 g/mol. The number of hydrogen-bond donors (Lipinski definition) is 0. The van der Waals surface area contributed by atoms with Crippen molar-refractivity contribution in [1.82, 2.24) is 4.98 Å². The van der Waals surface area contributed by atoms with Crippen molar-refractivity contribution in [2.75, 3.05) is 0 Å². The molecular formula is C8H3ClF5NO2. The van der Waals surface area contributed by atoms with Crippen molar-refractivity contribution >= 4 is 17.9 Å². The summed E-state index contributed by atoms with van der Waals surface area (Å²) >= 11 is 5.36. The molecule has 3 nitrogen and oxygen atoms in total. The third kappa shape index (κ3) is 3.52. The van der Waals surface area contributed by atoms with Crippen LogP contribution < -0.4 is 4.74 Å². The molecular weight excluding hydrogens is 273 g/mol. The fraction of sp³-hybridized carbons (Fsp3) is 0.250. The summed E-state index contributed by atoms with van der Waals surface area (Å²) in [6.45, 7) is 0. The van der Waals surface area contributed by atoms with Crippen LogP contribution in [0.25, 0.3) is 0 Å². The smallest absolute Gasteiger partial charge is 0.387 e. The molecule has 1 heterocycles. The van der Waals surface area contributed by atoms with Crippen molar-refractivity contribution in [3.05, 3.63) is 22.3 Å². The molecule has 1 aromatic rings. The van der Waals surface area contributed by atoms with Crippen LogP contribution in [0.5, 0.6) is 5.88 Å². The van der Waals surface area contributed by atoms with E-state index in [0.29, 0.717) is 6.07 Å². The summed E-state index contributed by atoms with van der Waals surface area (Å²) in [5.41, 5.74) is -1.76. The van der Waals surface area contributed by atoms with Crippen LogP contribution in [0.2, 0.25) is 5.02 Å². The van der Waals surface area contributed by atoms with Gasteiger partial charge in [-0.25, -0.2) is 13.8 Å². The Morgan fingerprint density at radius 1 is 1.41 bits per heavy atom. The Bertz CT molecular complexity index is 435. The van der Waals surface area contributed by atoms with Gasteiger partial charge in [0.15, 0.2) is 6.29 Å². The molecule has 0 aliphatic heterocycles. The quantitative estimate of drug-likeness (QED) is 0.627. The molecule has 0 spiro atoms. The predicted molar refractivity (Wildman–Crippen MR) is 46.3 cm³/mol. The normalized spacial score (nSPS) is 11.7. The summed E-state index contributed by atoms with van der Waals surface area (Å²) < 4.78 is 63.6. The number of carbonyl (C=O) groups is 1. The number of nitrogens with zero attached hydrogens (tertiary/aromatic N) is 1. The van der Waals surface area contributed by atoms with Gasteiger partial charge in [0.05, 0.1) is 10.6 Å². The molecule has 0 aliphatic carbocycles. The Morgan fingerprint density at radius 3 is 2.41 bits per heavy atom.